The Hall–Kier alpha value is -2.85. The second kappa shape index (κ2) is 7.20. The smallest absolute Gasteiger partial charge is 0.343 e. The van der Waals surface area contributed by atoms with Gasteiger partial charge in [-0.15, -0.1) is 0 Å². The molecule has 0 aliphatic carbocycles. The Morgan fingerprint density at radius 3 is 2.79 bits per heavy atom. The minimum Gasteiger partial charge on any atom is -0.484 e. The third-order valence-corrected chi connectivity index (χ3v) is 6.75. The highest BCUT2D eigenvalue weighted by Gasteiger charge is 2.29. The number of halogens is 2. The van der Waals surface area contributed by atoms with E-state index in [9.17, 15) is 17.6 Å². The molecule has 0 bridgehead atoms. The van der Waals surface area contributed by atoms with Gasteiger partial charge in [0.2, 0.25) is 0 Å². The molecule has 2 aromatic carbocycles. The summed E-state index contributed by atoms with van der Waals surface area (Å²) in [5, 5.41) is 0. The second-order valence-corrected chi connectivity index (χ2v) is 8.67. The third-order valence-electron chi connectivity index (χ3n) is 4.41. The first-order chi connectivity index (χ1) is 13.8. The molecule has 1 N–H and O–H groups in total. The van der Waals surface area contributed by atoms with Crippen LogP contribution < -0.4 is 9.46 Å². The number of carbonyl (C=O) groups is 1. The summed E-state index contributed by atoms with van der Waals surface area (Å²) in [7, 11) is -2.94. The van der Waals surface area contributed by atoms with E-state index in [1.807, 2.05) is 22.9 Å². The van der Waals surface area contributed by atoms with Crippen LogP contribution >= 0.6 is 15.9 Å². The maximum atomic E-state index is 13.3. The van der Waals surface area contributed by atoms with Crippen LogP contribution in [0.1, 0.15) is 16.1 Å². The summed E-state index contributed by atoms with van der Waals surface area (Å²) in [4.78, 5) is 12.3. The number of methoxy groups -OCH3 is 1. The minimum atomic E-state index is -4.13. The summed E-state index contributed by atoms with van der Waals surface area (Å²) in [6.07, 6.45) is 1.82. The number of hydrogen-bond acceptors (Lipinski definition) is 5. The molecule has 2 heterocycles. The van der Waals surface area contributed by atoms with Gasteiger partial charge >= 0.3 is 5.97 Å². The van der Waals surface area contributed by atoms with Crippen molar-refractivity contribution in [1.29, 1.82) is 0 Å². The summed E-state index contributed by atoms with van der Waals surface area (Å²) in [6, 6.07) is 10.0. The first-order valence-electron chi connectivity index (χ1n) is 8.34. The lowest BCUT2D eigenvalue weighted by Crippen LogP contribution is -2.20. The molecule has 4 rings (SSSR count). The molecular formula is C19H14BrFN2O5S. The largest absolute Gasteiger partial charge is 0.484 e. The number of esters is 1. The van der Waals surface area contributed by atoms with Crippen LogP contribution in [0.3, 0.4) is 0 Å². The number of hydrogen-bond donors (Lipinski definition) is 1. The molecule has 0 fully saturated rings. The van der Waals surface area contributed by atoms with Crippen LogP contribution in [0.15, 0.2) is 58.0 Å². The molecule has 1 aliphatic heterocycles. The Morgan fingerprint density at radius 2 is 2.07 bits per heavy atom. The number of nitrogens with zero attached hydrogens (tertiary/aromatic N) is 1. The van der Waals surface area contributed by atoms with Crippen LogP contribution in [0, 0.1) is 5.82 Å². The van der Waals surface area contributed by atoms with Gasteiger partial charge in [-0.05, 0) is 58.4 Å². The summed E-state index contributed by atoms with van der Waals surface area (Å²) in [5.74, 6) is -1.14. The highest BCUT2D eigenvalue weighted by Crippen LogP contribution is 2.39. The van der Waals surface area contributed by atoms with Gasteiger partial charge in [0.25, 0.3) is 10.0 Å². The summed E-state index contributed by atoms with van der Waals surface area (Å²) in [6.45, 7) is 0.212. The van der Waals surface area contributed by atoms with Gasteiger partial charge in [-0.2, -0.15) is 0 Å². The molecular weight excluding hydrogens is 467 g/mol. The van der Waals surface area contributed by atoms with Gasteiger partial charge in [-0.3, -0.25) is 4.72 Å². The van der Waals surface area contributed by atoms with Crippen molar-refractivity contribution in [2.45, 2.75) is 11.5 Å². The van der Waals surface area contributed by atoms with Crippen molar-refractivity contribution in [3.05, 3.63) is 70.2 Å². The molecule has 0 saturated carbocycles. The van der Waals surface area contributed by atoms with Gasteiger partial charge in [0.05, 0.1) is 24.2 Å². The van der Waals surface area contributed by atoms with Crippen LogP contribution in [0.25, 0.3) is 5.69 Å². The highest BCUT2D eigenvalue weighted by atomic mass is 79.9. The quantitative estimate of drug-likeness (QED) is 0.573. The van der Waals surface area contributed by atoms with E-state index < -0.39 is 21.8 Å². The molecule has 0 radical (unpaired) electrons. The van der Waals surface area contributed by atoms with E-state index in [2.05, 4.69) is 20.7 Å². The number of aromatic nitrogens is 1. The van der Waals surface area contributed by atoms with Gasteiger partial charge in [-0.25, -0.2) is 17.6 Å². The number of rotatable bonds is 4. The fourth-order valence-corrected chi connectivity index (χ4v) is 5.23. The topological polar surface area (TPSA) is 86.6 Å². The second-order valence-electron chi connectivity index (χ2n) is 6.17. The molecule has 0 saturated heterocycles. The third kappa shape index (κ3) is 3.38. The number of benzene rings is 2. The molecule has 7 nitrogen and oxygen atoms in total. The van der Waals surface area contributed by atoms with Gasteiger partial charge in [0.1, 0.15) is 22.9 Å². The van der Waals surface area contributed by atoms with E-state index in [0.29, 0.717) is 5.69 Å². The average Bonchev–Trinajstić information content (AvgIpc) is 3.15. The van der Waals surface area contributed by atoms with E-state index in [0.717, 1.165) is 23.9 Å². The average molecular weight is 481 g/mol. The van der Waals surface area contributed by atoms with Crippen molar-refractivity contribution in [3.8, 4) is 11.4 Å². The van der Waals surface area contributed by atoms with Crippen LogP contribution in [-0.4, -0.2) is 26.1 Å². The lowest BCUT2D eigenvalue weighted by atomic mass is 10.1. The molecule has 3 aromatic rings. The van der Waals surface area contributed by atoms with Crippen LogP contribution in [0.4, 0.5) is 10.1 Å². The van der Waals surface area contributed by atoms with Crippen molar-refractivity contribution in [1.82, 2.24) is 4.57 Å². The zero-order valence-corrected chi connectivity index (χ0v) is 17.4. The van der Waals surface area contributed by atoms with E-state index in [-0.39, 0.29) is 33.0 Å². The van der Waals surface area contributed by atoms with E-state index in [4.69, 9.17) is 9.47 Å². The van der Waals surface area contributed by atoms with Gasteiger partial charge in [0, 0.05) is 10.7 Å². The van der Waals surface area contributed by atoms with Crippen LogP contribution in [0.2, 0.25) is 0 Å². The number of anilines is 1. The van der Waals surface area contributed by atoms with Gasteiger partial charge < -0.3 is 14.0 Å². The fourth-order valence-electron chi connectivity index (χ4n) is 3.11. The lowest BCUT2D eigenvalue weighted by molar-refractivity contribution is 0.0596. The molecule has 0 atom stereocenters. The normalized spacial score (nSPS) is 12.5. The van der Waals surface area contributed by atoms with Crippen molar-refractivity contribution in [2.75, 3.05) is 11.8 Å². The minimum absolute atomic E-state index is 0.0116. The number of ether oxygens (including phenoxy) is 2. The number of sulfonamides is 1. The van der Waals surface area contributed by atoms with Crippen molar-refractivity contribution in [3.63, 3.8) is 0 Å². The van der Waals surface area contributed by atoms with E-state index in [1.54, 1.807) is 6.07 Å². The van der Waals surface area contributed by atoms with Crippen molar-refractivity contribution < 1.29 is 27.1 Å². The Morgan fingerprint density at radius 1 is 1.28 bits per heavy atom. The Bertz CT molecular complexity index is 1240. The summed E-state index contributed by atoms with van der Waals surface area (Å²) >= 11 is 3.05. The first kappa shape index (κ1) is 19.5. The zero-order valence-electron chi connectivity index (χ0n) is 15.0. The van der Waals surface area contributed by atoms with Crippen molar-refractivity contribution in [2.24, 2.45) is 0 Å². The Kier molecular flexibility index (Phi) is 4.83. The Labute approximate surface area is 174 Å². The molecule has 10 heteroatoms. The summed E-state index contributed by atoms with van der Waals surface area (Å²) in [5.41, 5.74) is 1.41. The van der Waals surface area contributed by atoms with E-state index in [1.165, 1.54) is 13.2 Å². The molecule has 0 amide bonds. The first-order valence-corrected chi connectivity index (χ1v) is 10.6. The molecule has 29 heavy (non-hydrogen) atoms. The zero-order chi connectivity index (χ0) is 20.8. The van der Waals surface area contributed by atoms with E-state index >= 15 is 0 Å². The maximum absolute atomic E-state index is 13.3. The predicted octanol–water partition coefficient (Wildman–Crippen LogP) is 3.86. The highest BCUT2D eigenvalue weighted by molar-refractivity contribution is 9.10. The molecule has 150 valence electrons. The Balaban J connectivity index is 1.84. The van der Waals surface area contributed by atoms with Gasteiger partial charge in [0.15, 0.2) is 5.75 Å². The van der Waals surface area contributed by atoms with Crippen molar-refractivity contribution >= 4 is 37.6 Å². The maximum Gasteiger partial charge on any atom is 0.343 e. The van der Waals surface area contributed by atoms with Gasteiger partial charge in [-0.1, -0.05) is 0 Å². The number of carbonyl (C=O) groups excluding carboxylic acids is 1. The molecule has 0 spiro atoms. The standard InChI is InChI=1S/C19H14BrFN2O5S/c1-27-19(24)17-14(22-29(25,26)16-7-4-11(21)9-13(16)20)5-6-15-18(17)28-10-12-3-2-8-23(12)15/h2-9,22H,10H2,1H3. The fraction of sp³-hybridized carbons (Fsp3) is 0.105. The lowest BCUT2D eigenvalue weighted by Gasteiger charge is -2.24. The van der Waals surface area contributed by atoms with Crippen LogP contribution in [-0.2, 0) is 21.4 Å². The SMILES string of the molecule is COC(=O)c1c(NS(=O)(=O)c2ccc(F)cc2Br)ccc2c1OCc1cccn1-2. The number of nitrogens with one attached hydrogen (secondary N) is 1. The molecule has 0 unspecified atom stereocenters. The molecule has 1 aromatic heterocycles. The molecule has 1 aliphatic rings. The monoisotopic (exact) mass is 480 g/mol. The predicted molar refractivity (Wildman–Crippen MR) is 106 cm³/mol. The van der Waals surface area contributed by atoms with Crippen LogP contribution in [0.5, 0.6) is 5.75 Å². The number of fused-ring (bicyclic) bond motifs is 3. The summed E-state index contributed by atoms with van der Waals surface area (Å²) < 4.78 is 53.9.